The first-order valence-electron chi connectivity index (χ1n) is 6.31. The van der Waals surface area contributed by atoms with Gasteiger partial charge in [0.1, 0.15) is 0 Å². The fraction of sp³-hybridized carbons (Fsp3) is 0.357. The average molecular weight is 310 g/mol. The summed E-state index contributed by atoms with van der Waals surface area (Å²) < 4.78 is 26.8. The van der Waals surface area contributed by atoms with Gasteiger partial charge >= 0.3 is 0 Å². The molecule has 0 saturated carbocycles. The Kier molecular flexibility index (Phi) is 4.57. The van der Waals surface area contributed by atoms with Gasteiger partial charge in [-0.15, -0.1) is 11.3 Å². The molecule has 1 aromatic carbocycles. The molecule has 1 N–H and O–H groups in total. The second-order valence-corrected chi connectivity index (χ2v) is 7.91. The molecular weight excluding hydrogens is 292 g/mol. The van der Waals surface area contributed by atoms with Gasteiger partial charge in [-0.2, -0.15) is 0 Å². The zero-order chi connectivity index (χ0) is 14.8. The normalized spacial score (nSPS) is 11.8. The lowest BCUT2D eigenvalue weighted by molar-refractivity contribution is 0.581. The highest BCUT2D eigenvalue weighted by Crippen LogP contribution is 2.17. The number of thiazole rings is 1. The maximum atomic E-state index is 12.1. The molecular formula is C14H18N2O2S2. The van der Waals surface area contributed by atoms with Crippen molar-refractivity contribution in [2.75, 3.05) is 0 Å². The maximum Gasteiger partial charge on any atom is 0.216 e. The van der Waals surface area contributed by atoms with E-state index in [1.165, 1.54) is 11.3 Å². The molecule has 0 fully saturated rings. The molecule has 0 bridgehead atoms. The van der Waals surface area contributed by atoms with Crippen LogP contribution in [-0.4, -0.2) is 13.4 Å². The average Bonchev–Trinajstić information content (AvgIpc) is 2.65. The van der Waals surface area contributed by atoms with Crippen molar-refractivity contribution >= 4 is 21.4 Å². The van der Waals surface area contributed by atoms with Gasteiger partial charge in [-0.1, -0.05) is 29.8 Å². The molecule has 2 aromatic rings. The molecule has 6 heteroatoms. The van der Waals surface area contributed by atoms with Crippen LogP contribution in [0.5, 0.6) is 0 Å². The zero-order valence-electron chi connectivity index (χ0n) is 11.8. The Balaban J connectivity index is 2.03. The Hall–Kier alpha value is -1.24. The molecule has 0 atom stereocenters. The summed E-state index contributed by atoms with van der Waals surface area (Å²) in [7, 11) is -3.33. The van der Waals surface area contributed by atoms with Crippen LogP contribution < -0.4 is 4.72 Å². The number of sulfonamides is 1. The minimum Gasteiger partial charge on any atom is -0.247 e. The molecule has 108 valence electrons. The lowest BCUT2D eigenvalue weighted by Gasteiger charge is -2.06. The van der Waals surface area contributed by atoms with Crippen LogP contribution in [0.3, 0.4) is 0 Å². The summed E-state index contributed by atoms with van der Waals surface area (Å²) in [6, 6.07) is 7.54. The summed E-state index contributed by atoms with van der Waals surface area (Å²) >= 11 is 1.53. The standard InChI is InChI=1S/C14H18N2O2S2/c1-10-5-4-6-13(7-10)9-20(17,18)15-8-14-11(2)16-12(3)19-14/h4-7,15H,8-9H2,1-3H3. The van der Waals surface area contributed by atoms with Crippen LogP contribution in [0, 0.1) is 20.8 Å². The van der Waals surface area contributed by atoms with E-state index in [9.17, 15) is 8.42 Å². The molecule has 0 spiro atoms. The third-order valence-corrected chi connectivity index (χ3v) is 5.26. The SMILES string of the molecule is Cc1cccc(CS(=O)(=O)NCc2sc(C)nc2C)c1. The summed E-state index contributed by atoms with van der Waals surface area (Å²) in [4.78, 5) is 5.26. The fourth-order valence-electron chi connectivity index (χ4n) is 1.99. The number of hydrogen-bond donors (Lipinski definition) is 1. The van der Waals surface area contributed by atoms with E-state index in [0.29, 0.717) is 6.54 Å². The molecule has 0 amide bonds. The molecule has 0 saturated heterocycles. The minimum atomic E-state index is -3.33. The van der Waals surface area contributed by atoms with E-state index in [1.807, 2.05) is 45.0 Å². The molecule has 0 aliphatic carbocycles. The highest BCUT2D eigenvalue weighted by Gasteiger charge is 2.13. The molecule has 4 nitrogen and oxygen atoms in total. The number of benzene rings is 1. The van der Waals surface area contributed by atoms with Crippen molar-refractivity contribution in [1.29, 1.82) is 0 Å². The Labute approximate surface area is 123 Å². The second kappa shape index (κ2) is 6.03. The molecule has 0 aliphatic rings. The second-order valence-electron chi connectivity index (χ2n) is 4.81. The largest absolute Gasteiger partial charge is 0.247 e. The molecule has 1 heterocycles. The molecule has 1 aromatic heterocycles. The van der Waals surface area contributed by atoms with Gasteiger partial charge in [-0.25, -0.2) is 18.1 Å². The molecule has 0 radical (unpaired) electrons. The van der Waals surface area contributed by atoms with E-state index < -0.39 is 10.0 Å². The predicted octanol–water partition coefficient (Wildman–Crippen LogP) is 2.69. The Morgan fingerprint density at radius 3 is 2.60 bits per heavy atom. The summed E-state index contributed by atoms with van der Waals surface area (Å²) in [5, 5.41) is 0.954. The molecule has 0 aliphatic heterocycles. The van der Waals surface area contributed by atoms with E-state index in [0.717, 1.165) is 26.7 Å². The first kappa shape index (κ1) is 15.2. The first-order valence-corrected chi connectivity index (χ1v) is 8.78. The van der Waals surface area contributed by atoms with Gasteiger partial charge < -0.3 is 0 Å². The van der Waals surface area contributed by atoms with Crippen molar-refractivity contribution in [3.05, 3.63) is 51.0 Å². The molecule has 20 heavy (non-hydrogen) atoms. The zero-order valence-corrected chi connectivity index (χ0v) is 13.4. The van der Waals surface area contributed by atoms with E-state index in [-0.39, 0.29) is 5.75 Å². The van der Waals surface area contributed by atoms with Crippen molar-refractivity contribution < 1.29 is 8.42 Å². The van der Waals surface area contributed by atoms with Gasteiger partial charge in [-0.3, -0.25) is 0 Å². The monoisotopic (exact) mass is 310 g/mol. The Morgan fingerprint density at radius 1 is 1.25 bits per heavy atom. The summed E-state index contributed by atoms with van der Waals surface area (Å²) in [5.41, 5.74) is 2.76. The van der Waals surface area contributed by atoms with E-state index >= 15 is 0 Å². The van der Waals surface area contributed by atoms with E-state index in [2.05, 4.69) is 9.71 Å². The van der Waals surface area contributed by atoms with Crippen LogP contribution >= 0.6 is 11.3 Å². The number of aromatic nitrogens is 1. The minimum absolute atomic E-state index is 0.00547. The highest BCUT2D eigenvalue weighted by molar-refractivity contribution is 7.88. The fourth-order valence-corrected chi connectivity index (χ4v) is 4.04. The quantitative estimate of drug-likeness (QED) is 0.923. The number of aryl methyl sites for hydroxylation is 3. The Bertz CT molecular complexity index is 706. The smallest absolute Gasteiger partial charge is 0.216 e. The van der Waals surface area contributed by atoms with Crippen molar-refractivity contribution in [2.24, 2.45) is 0 Å². The van der Waals surface area contributed by atoms with Crippen LogP contribution in [0.4, 0.5) is 0 Å². The molecule has 0 unspecified atom stereocenters. The third kappa shape index (κ3) is 4.13. The number of nitrogens with one attached hydrogen (secondary N) is 1. The van der Waals surface area contributed by atoms with E-state index in [1.54, 1.807) is 0 Å². The van der Waals surface area contributed by atoms with Gasteiger partial charge in [0.15, 0.2) is 0 Å². The van der Waals surface area contributed by atoms with Gasteiger partial charge in [-0.05, 0) is 26.3 Å². The third-order valence-electron chi connectivity index (χ3n) is 2.89. The number of hydrogen-bond acceptors (Lipinski definition) is 4. The van der Waals surface area contributed by atoms with Crippen molar-refractivity contribution in [3.8, 4) is 0 Å². The van der Waals surface area contributed by atoms with Crippen molar-refractivity contribution in [1.82, 2.24) is 9.71 Å². The topological polar surface area (TPSA) is 59.1 Å². The highest BCUT2D eigenvalue weighted by atomic mass is 32.2. The van der Waals surface area contributed by atoms with Crippen LogP contribution in [0.25, 0.3) is 0 Å². The van der Waals surface area contributed by atoms with Crippen LogP contribution in [0.1, 0.15) is 26.7 Å². The lowest BCUT2D eigenvalue weighted by Crippen LogP contribution is -2.24. The van der Waals surface area contributed by atoms with Crippen LogP contribution in [-0.2, 0) is 22.3 Å². The summed E-state index contributed by atoms with van der Waals surface area (Å²) in [6.45, 7) is 6.08. The summed E-state index contributed by atoms with van der Waals surface area (Å²) in [6.07, 6.45) is 0. The maximum absolute atomic E-state index is 12.1. The van der Waals surface area contributed by atoms with Crippen LogP contribution in [0.2, 0.25) is 0 Å². The molecule has 2 rings (SSSR count). The van der Waals surface area contributed by atoms with Gasteiger partial charge in [0.25, 0.3) is 0 Å². The number of nitrogens with zero attached hydrogens (tertiary/aromatic N) is 1. The van der Waals surface area contributed by atoms with E-state index in [4.69, 9.17) is 0 Å². The predicted molar refractivity (Wildman–Crippen MR) is 82.2 cm³/mol. The van der Waals surface area contributed by atoms with Crippen molar-refractivity contribution in [3.63, 3.8) is 0 Å². The Morgan fingerprint density at radius 2 is 2.00 bits per heavy atom. The summed E-state index contributed by atoms with van der Waals surface area (Å²) in [5.74, 6) is 0.00547. The van der Waals surface area contributed by atoms with Gasteiger partial charge in [0.05, 0.1) is 16.5 Å². The first-order chi connectivity index (χ1) is 9.35. The van der Waals surface area contributed by atoms with Crippen LogP contribution in [0.15, 0.2) is 24.3 Å². The van der Waals surface area contributed by atoms with Gasteiger partial charge in [0.2, 0.25) is 10.0 Å². The van der Waals surface area contributed by atoms with Gasteiger partial charge in [0, 0.05) is 11.4 Å². The number of rotatable bonds is 5. The van der Waals surface area contributed by atoms with Crippen molar-refractivity contribution in [2.45, 2.75) is 33.1 Å². The lowest BCUT2D eigenvalue weighted by atomic mass is 10.2.